The van der Waals surface area contributed by atoms with Crippen LogP contribution in [0.1, 0.15) is 26.6 Å². The van der Waals surface area contributed by atoms with Crippen molar-refractivity contribution in [3.8, 4) is 0 Å². The minimum Gasteiger partial charge on any atom is -0.360 e. The van der Waals surface area contributed by atoms with Crippen LogP contribution >= 0.6 is 11.6 Å². The van der Waals surface area contributed by atoms with Crippen molar-refractivity contribution in [1.29, 1.82) is 0 Å². The maximum absolute atomic E-state index is 12.3. The van der Waals surface area contributed by atoms with Crippen LogP contribution in [-0.4, -0.2) is 22.0 Å². The maximum Gasteiger partial charge on any atom is 0.274 e. The average Bonchev–Trinajstić information content (AvgIpc) is 3.02. The first-order valence-corrected chi connectivity index (χ1v) is 7.67. The summed E-state index contributed by atoms with van der Waals surface area (Å²) in [6.45, 7) is 1.72. The number of hydrogen-bond acceptors (Lipinski definition) is 5. The van der Waals surface area contributed by atoms with Crippen molar-refractivity contribution in [1.82, 2.24) is 10.1 Å². The van der Waals surface area contributed by atoms with Crippen molar-refractivity contribution in [3.63, 3.8) is 0 Å². The molecule has 0 saturated carbocycles. The number of rotatable bonds is 4. The Hall–Kier alpha value is -3.19. The highest BCUT2D eigenvalue weighted by Gasteiger charge is 2.13. The lowest BCUT2D eigenvalue weighted by atomic mass is 10.2. The van der Waals surface area contributed by atoms with Gasteiger partial charge in [0.25, 0.3) is 11.8 Å². The van der Waals surface area contributed by atoms with Gasteiger partial charge in [0.05, 0.1) is 0 Å². The van der Waals surface area contributed by atoms with Gasteiger partial charge in [0.2, 0.25) is 0 Å². The first-order chi connectivity index (χ1) is 12.0. The Morgan fingerprint density at radius 1 is 1.04 bits per heavy atom. The number of benzene rings is 1. The second kappa shape index (κ2) is 7.14. The quantitative estimate of drug-likeness (QED) is 0.745. The molecule has 0 aliphatic heterocycles. The van der Waals surface area contributed by atoms with Gasteiger partial charge in [0.1, 0.15) is 11.5 Å². The van der Waals surface area contributed by atoms with Crippen molar-refractivity contribution in [3.05, 3.63) is 70.7 Å². The van der Waals surface area contributed by atoms with Gasteiger partial charge < -0.3 is 15.2 Å². The molecule has 3 rings (SSSR count). The summed E-state index contributed by atoms with van der Waals surface area (Å²) in [5, 5.41) is 9.53. The summed E-state index contributed by atoms with van der Waals surface area (Å²) in [4.78, 5) is 28.5. The highest BCUT2D eigenvalue weighted by Crippen LogP contribution is 2.15. The summed E-state index contributed by atoms with van der Waals surface area (Å²) in [6.07, 6.45) is 1.39. The minimum absolute atomic E-state index is 0.110. The van der Waals surface area contributed by atoms with Gasteiger partial charge in [-0.05, 0) is 43.3 Å². The molecular formula is C17H13ClN4O3. The van der Waals surface area contributed by atoms with Gasteiger partial charge >= 0.3 is 0 Å². The molecule has 7 nitrogen and oxygen atoms in total. The Balaban J connectivity index is 1.72. The van der Waals surface area contributed by atoms with E-state index in [4.69, 9.17) is 16.1 Å². The molecule has 0 radical (unpaired) electrons. The molecule has 3 aromatic rings. The van der Waals surface area contributed by atoms with Crippen molar-refractivity contribution in [2.75, 3.05) is 10.6 Å². The molecule has 2 heterocycles. The number of carbonyl (C=O) groups is 2. The molecule has 2 N–H and O–H groups in total. The molecular weight excluding hydrogens is 344 g/mol. The SMILES string of the molecule is Cc1cc(NC(=O)c2ccnc(C(=O)Nc3ccc(Cl)cc3)c2)no1. The molecule has 2 amide bonds. The Morgan fingerprint density at radius 3 is 2.48 bits per heavy atom. The number of amides is 2. The standard InChI is InChI=1S/C17H13ClN4O3/c1-10-8-15(22-25-10)21-16(23)11-6-7-19-14(9-11)17(24)20-13-4-2-12(18)3-5-13/h2-9H,1H3,(H,20,24)(H,21,22,23). The second-order valence-corrected chi connectivity index (χ2v) is 5.60. The third-order valence-electron chi connectivity index (χ3n) is 3.23. The van der Waals surface area contributed by atoms with Gasteiger partial charge in [0.15, 0.2) is 5.82 Å². The van der Waals surface area contributed by atoms with E-state index in [1.165, 1.54) is 18.3 Å². The van der Waals surface area contributed by atoms with E-state index in [1.54, 1.807) is 37.3 Å². The van der Waals surface area contributed by atoms with E-state index in [9.17, 15) is 9.59 Å². The Morgan fingerprint density at radius 2 is 1.80 bits per heavy atom. The topological polar surface area (TPSA) is 97.1 Å². The fourth-order valence-electron chi connectivity index (χ4n) is 2.04. The molecule has 0 unspecified atom stereocenters. The van der Waals surface area contributed by atoms with E-state index < -0.39 is 11.8 Å². The van der Waals surface area contributed by atoms with Crippen molar-refractivity contribution >= 4 is 34.9 Å². The lowest BCUT2D eigenvalue weighted by Crippen LogP contribution is -2.17. The number of halogens is 1. The van der Waals surface area contributed by atoms with E-state index in [0.29, 0.717) is 22.3 Å². The van der Waals surface area contributed by atoms with Gasteiger partial charge in [-0.25, -0.2) is 0 Å². The van der Waals surface area contributed by atoms with Gasteiger partial charge in [-0.15, -0.1) is 0 Å². The van der Waals surface area contributed by atoms with Crippen LogP contribution in [0, 0.1) is 6.92 Å². The van der Waals surface area contributed by atoms with Crippen LogP contribution in [0.3, 0.4) is 0 Å². The summed E-state index contributed by atoms with van der Waals surface area (Å²) < 4.78 is 4.89. The molecule has 0 fully saturated rings. The van der Waals surface area contributed by atoms with Gasteiger partial charge in [0, 0.05) is 28.5 Å². The lowest BCUT2D eigenvalue weighted by Gasteiger charge is -2.06. The molecule has 0 atom stereocenters. The van der Waals surface area contributed by atoms with Crippen molar-refractivity contribution in [2.45, 2.75) is 6.92 Å². The number of aryl methyl sites for hydroxylation is 1. The highest BCUT2D eigenvalue weighted by atomic mass is 35.5. The van der Waals surface area contributed by atoms with Crippen molar-refractivity contribution in [2.24, 2.45) is 0 Å². The molecule has 1 aromatic carbocycles. The Labute approximate surface area is 148 Å². The van der Waals surface area contributed by atoms with Crippen LogP contribution in [0.25, 0.3) is 0 Å². The number of anilines is 2. The fraction of sp³-hybridized carbons (Fsp3) is 0.0588. The van der Waals surface area contributed by atoms with E-state index in [0.717, 1.165) is 0 Å². The van der Waals surface area contributed by atoms with E-state index >= 15 is 0 Å². The number of pyridine rings is 1. The highest BCUT2D eigenvalue weighted by molar-refractivity contribution is 6.30. The molecule has 0 spiro atoms. The summed E-state index contributed by atoms with van der Waals surface area (Å²) in [7, 11) is 0. The van der Waals surface area contributed by atoms with E-state index in [2.05, 4.69) is 20.8 Å². The first-order valence-electron chi connectivity index (χ1n) is 7.29. The molecule has 25 heavy (non-hydrogen) atoms. The molecule has 0 bridgehead atoms. The molecule has 0 aliphatic rings. The third kappa shape index (κ3) is 4.21. The van der Waals surface area contributed by atoms with Gasteiger partial charge in [-0.3, -0.25) is 14.6 Å². The summed E-state index contributed by atoms with van der Waals surface area (Å²) >= 11 is 5.81. The van der Waals surface area contributed by atoms with Crippen LogP contribution in [-0.2, 0) is 0 Å². The zero-order valence-corrected chi connectivity index (χ0v) is 13.9. The smallest absolute Gasteiger partial charge is 0.274 e. The van der Waals surface area contributed by atoms with Crippen LogP contribution in [0.5, 0.6) is 0 Å². The average molecular weight is 357 g/mol. The largest absolute Gasteiger partial charge is 0.360 e. The number of aromatic nitrogens is 2. The molecule has 2 aromatic heterocycles. The molecule has 0 saturated heterocycles. The van der Waals surface area contributed by atoms with Crippen LogP contribution in [0.4, 0.5) is 11.5 Å². The third-order valence-corrected chi connectivity index (χ3v) is 3.48. The minimum atomic E-state index is -0.436. The monoisotopic (exact) mass is 356 g/mol. The summed E-state index contributed by atoms with van der Waals surface area (Å²) in [5.74, 6) is 0.0185. The van der Waals surface area contributed by atoms with Gasteiger partial charge in [-0.1, -0.05) is 16.8 Å². The number of hydrogen-bond donors (Lipinski definition) is 2. The lowest BCUT2D eigenvalue weighted by molar-refractivity contribution is 0.102. The first kappa shape index (κ1) is 16.7. The molecule has 126 valence electrons. The van der Waals surface area contributed by atoms with Gasteiger partial charge in [-0.2, -0.15) is 0 Å². The van der Waals surface area contributed by atoms with Crippen LogP contribution in [0.2, 0.25) is 5.02 Å². The molecule has 0 aliphatic carbocycles. The number of nitrogens with one attached hydrogen (secondary N) is 2. The Kier molecular flexibility index (Phi) is 4.76. The predicted octanol–water partition coefficient (Wildman–Crippen LogP) is 3.54. The van der Waals surface area contributed by atoms with E-state index in [-0.39, 0.29) is 11.3 Å². The number of nitrogens with zero attached hydrogens (tertiary/aromatic N) is 2. The summed E-state index contributed by atoms with van der Waals surface area (Å²) in [6, 6.07) is 11.2. The van der Waals surface area contributed by atoms with Crippen molar-refractivity contribution < 1.29 is 14.1 Å². The predicted molar refractivity (Wildman–Crippen MR) is 92.8 cm³/mol. The fourth-order valence-corrected chi connectivity index (χ4v) is 2.16. The van der Waals surface area contributed by atoms with Crippen LogP contribution in [0.15, 0.2) is 53.2 Å². The van der Waals surface area contributed by atoms with E-state index in [1.807, 2.05) is 0 Å². The normalized spacial score (nSPS) is 10.3. The zero-order valence-electron chi connectivity index (χ0n) is 13.1. The second-order valence-electron chi connectivity index (χ2n) is 5.17. The number of carbonyl (C=O) groups excluding carboxylic acids is 2. The van der Waals surface area contributed by atoms with Crippen LogP contribution < -0.4 is 10.6 Å². The zero-order chi connectivity index (χ0) is 17.8. The maximum atomic E-state index is 12.3. The summed E-state index contributed by atoms with van der Waals surface area (Å²) in [5.41, 5.74) is 0.958. The Bertz CT molecular complexity index is 922. The molecule has 8 heteroatoms.